The van der Waals surface area contributed by atoms with E-state index in [2.05, 4.69) is 10.3 Å². The van der Waals surface area contributed by atoms with Crippen LogP contribution in [0.25, 0.3) is 0 Å². The fraction of sp³-hybridized carbons (Fsp3) is 0.300. The summed E-state index contributed by atoms with van der Waals surface area (Å²) in [5.41, 5.74) is 8.58. The normalized spacial score (nSPS) is 15.0. The van der Waals surface area contributed by atoms with Crippen molar-refractivity contribution in [2.24, 2.45) is 10.7 Å². The fourth-order valence-electron chi connectivity index (χ4n) is 2.92. The molecule has 1 amide bonds. The Morgan fingerprint density at radius 2 is 1.68 bits per heavy atom. The third-order valence-corrected chi connectivity index (χ3v) is 4.32. The van der Waals surface area contributed by atoms with E-state index in [0.717, 1.165) is 42.7 Å². The van der Waals surface area contributed by atoms with Crippen molar-refractivity contribution in [2.75, 3.05) is 18.4 Å². The lowest BCUT2D eigenvalue weighted by molar-refractivity contribution is 0.0724. The molecular formula is C20H24N4O. The summed E-state index contributed by atoms with van der Waals surface area (Å²) >= 11 is 0. The molecule has 5 nitrogen and oxygen atoms in total. The number of nitrogens with two attached hydrogens (primary N) is 1. The number of aliphatic imine (C=N–C) groups is 1. The number of benzene rings is 2. The molecule has 2 aromatic rings. The van der Waals surface area contributed by atoms with E-state index in [0.29, 0.717) is 12.5 Å². The molecule has 0 unspecified atom stereocenters. The standard InChI is InChI=1S/C20H24N4O/c21-20(23-18-7-3-1-4-8-18)22-15-16-9-11-17(12-10-16)19(25)24-13-5-2-6-14-24/h1,3-4,7-12H,2,5-6,13-15H2,(H3,21,22,23). The number of nitrogens with zero attached hydrogens (tertiary/aromatic N) is 2. The molecule has 25 heavy (non-hydrogen) atoms. The topological polar surface area (TPSA) is 70.7 Å². The van der Waals surface area contributed by atoms with Crippen molar-refractivity contribution in [3.8, 4) is 0 Å². The monoisotopic (exact) mass is 336 g/mol. The Balaban J connectivity index is 1.56. The molecule has 0 atom stereocenters. The van der Waals surface area contributed by atoms with Crippen molar-refractivity contribution in [1.82, 2.24) is 4.90 Å². The molecule has 0 aliphatic carbocycles. The number of nitrogens with one attached hydrogen (secondary N) is 1. The number of amides is 1. The average Bonchev–Trinajstić information content (AvgIpc) is 2.68. The summed E-state index contributed by atoms with van der Waals surface area (Å²) < 4.78 is 0. The van der Waals surface area contributed by atoms with E-state index < -0.39 is 0 Å². The number of piperidine rings is 1. The molecule has 0 saturated carbocycles. The van der Waals surface area contributed by atoms with Crippen LogP contribution in [0.4, 0.5) is 5.69 Å². The molecule has 1 aliphatic heterocycles. The maximum absolute atomic E-state index is 12.4. The molecule has 0 bridgehead atoms. The number of guanidine groups is 1. The van der Waals surface area contributed by atoms with Crippen molar-refractivity contribution >= 4 is 17.6 Å². The summed E-state index contributed by atoms with van der Waals surface area (Å²) in [6, 6.07) is 17.3. The van der Waals surface area contributed by atoms with E-state index in [1.54, 1.807) is 0 Å². The maximum Gasteiger partial charge on any atom is 0.253 e. The molecule has 1 fully saturated rings. The van der Waals surface area contributed by atoms with Crippen LogP contribution in [0.5, 0.6) is 0 Å². The zero-order valence-corrected chi connectivity index (χ0v) is 14.3. The largest absolute Gasteiger partial charge is 0.370 e. The van der Waals surface area contributed by atoms with Crippen LogP contribution in [0.3, 0.4) is 0 Å². The first-order valence-electron chi connectivity index (χ1n) is 8.72. The minimum Gasteiger partial charge on any atom is -0.370 e. The third-order valence-electron chi connectivity index (χ3n) is 4.32. The van der Waals surface area contributed by atoms with Crippen molar-refractivity contribution in [2.45, 2.75) is 25.8 Å². The van der Waals surface area contributed by atoms with Crippen LogP contribution in [-0.2, 0) is 6.54 Å². The first kappa shape index (κ1) is 17.0. The van der Waals surface area contributed by atoms with E-state index in [4.69, 9.17) is 5.73 Å². The molecule has 0 aromatic heterocycles. The smallest absolute Gasteiger partial charge is 0.253 e. The Hall–Kier alpha value is -2.82. The second-order valence-electron chi connectivity index (χ2n) is 6.24. The highest BCUT2D eigenvalue weighted by Gasteiger charge is 2.17. The molecule has 3 rings (SSSR count). The van der Waals surface area contributed by atoms with Gasteiger partial charge in [-0.05, 0) is 49.1 Å². The Bertz CT molecular complexity index is 719. The molecule has 0 radical (unpaired) electrons. The number of likely N-dealkylation sites (tertiary alicyclic amines) is 1. The lowest BCUT2D eigenvalue weighted by atomic mass is 10.1. The van der Waals surface area contributed by atoms with Crippen LogP contribution in [0.2, 0.25) is 0 Å². The summed E-state index contributed by atoms with van der Waals surface area (Å²) in [6.07, 6.45) is 3.43. The molecule has 0 spiro atoms. The minimum atomic E-state index is 0.125. The van der Waals surface area contributed by atoms with Crippen molar-refractivity contribution < 1.29 is 4.79 Å². The summed E-state index contributed by atoms with van der Waals surface area (Å²) in [4.78, 5) is 18.7. The fourth-order valence-corrected chi connectivity index (χ4v) is 2.92. The quantitative estimate of drug-likeness (QED) is 0.665. The van der Waals surface area contributed by atoms with E-state index in [9.17, 15) is 4.79 Å². The minimum absolute atomic E-state index is 0.125. The molecule has 5 heteroatoms. The zero-order chi connectivity index (χ0) is 17.5. The van der Waals surface area contributed by atoms with Crippen LogP contribution in [0, 0.1) is 0 Å². The van der Waals surface area contributed by atoms with Gasteiger partial charge in [0.05, 0.1) is 6.54 Å². The average molecular weight is 336 g/mol. The van der Waals surface area contributed by atoms with Gasteiger partial charge in [0, 0.05) is 24.3 Å². The van der Waals surface area contributed by atoms with E-state index in [1.807, 2.05) is 59.5 Å². The van der Waals surface area contributed by atoms with Gasteiger partial charge in [-0.1, -0.05) is 30.3 Å². The molecule has 1 aliphatic rings. The van der Waals surface area contributed by atoms with Crippen molar-refractivity contribution in [3.63, 3.8) is 0 Å². The Labute approximate surface area is 148 Å². The third kappa shape index (κ3) is 4.83. The highest BCUT2D eigenvalue weighted by atomic mass is 16.2. The summed E-state index contributed by atoms with van der Waals surface area (Å²) in [5.74, 6) is 0.500. The number of hydrogen-bond donors (Lipinski definition) is 2. The number of rotatable bonds is 4. The van der Waals surface area contributed by atoms with Gasteiger partial charge in [-0.2, -0.15) is 0 Å². The summed E-state index contributed by atoms with van der Waals surface area (Å²) in [6.45, 7) is 2.21. The molecule has 1 saturated heterocycles. The number of carbonyl (C=O) groups is 1. The van der Waals surface area contributed by atoms with Gasteiger partial charge in [0.25, 0.3) is 5.91 Å². The van der Waals surface area contributed by atoms with E-state index in [1.165, 1.54) is 6.42 Å². The van der Waals surface area contributed by atoms with E-state index >= 15 is 0 Å². The van der Waals surface area contributed by atoms with Crippen LogP contribution < -0.4 is 11.1 Å². The van der Waals surface area contributed by atoms with Gasteiger partial charge in [0.15, 0.2) is 5.96 Å². The highest BCUT2D eigenvalue weighted by molar-refractivity contribution is 5.94. The molecule has 3 N–H and O–H groups in total. The molecular weight excluding hydrogens is 312 g/mol. The predicted molar refractivity (Wildman–Crippen MR) is 102 cm³/mol. The predicted octanol–water partition coefficient (Wildman–Crippen LogP) is 3.24. The first-order chi connectivity index (χ1) is 12.2. The van der Waals surface area contributed by atoms with Crippen molar-refractivity contribution in [3.05, 3.63) is 65.7 Å². The number of carbonyl (C=O) groups excluding carboxylic acids is 1. The molecule has 1 heterocycles. The Morgan fingerprint density at radius 3 is 2.36 bits per heavy atom. The van der Waals surface area contributed by atoms with Gasteiger partial charge in [-0.25, -0.2) is 4.99 Å². The van der Waals surface area contributed by atoms with E-state index in [-0.39, 0.29) is 5.91 Å². The SMILES string of the molecule is NC(=NCc1ccc(C(=O)N2CCCCC2)cc1)Nc1ccccc1. The maximum atomic E-state index is 12.4. The van der Waals surface area contributed by atoms with Gasteiger partial charge in [-0.15, -0.1) is 0 Å². The number of para-hydroxylation sites is 1. The van der Waals surface area contributed by atoms with Gasteiger partial charge in [0.1, 0.15) is 0 Å². The molecule has 130 valence electrons. The number of hydrogen-bond acceptors (Lipinski definition) is 2. The van der Waals surface area contributed by atoms with Gasteiger partial charge >= 0.3 is 0 Å². The van der Waals surface area contributed by atoms with Crippen LogP contribution in [0.1, 0.15) is 35.2 Å². The van der Waals surface area contributed by atoms with Crippen LogP contribution in [-0.4, -0.2) is 29.9 Å². The summed E-state index contributed by atoms with van der Waals surface area (Å²) in [7, 11) is 0. The van der Waals surface area contributed by atoms with Crippen LogP contribution in [0.15, 0.2) is 59.6 Å². The first-order valence-corrected chi connectivity index (χ1v) is 8.72. The lowest BCUT2D eigenvalue weighted by Crippen LogP contribution is -2.35. The lowest BCUT2D eigenvalue weighted by Gasteiger charge is -2.26. The van der Waals surface area contributed by atoms with Crippen LogP contribution >= 0.6 is 0 Å². The Kier molecular flexibility index (Phi) is 5.67. The second-order valence-corrected chi connectivity index (χ2v) is 6.24. The second kappa shape index (κ2) is 8.33. The van der Waals surface area contributed by atoms with Gasteiger partial charge in [-0.3, -0.25) is 4.79 Å². The number of anilines is 1. The zero-order valence-electron chi connectivity index (χ0n) is 14.3. The Morgan fingerprint density at radius 1 is 1.00 bits per heavy atom. The van der Waals surface area contributed by atoms with Gasteiger partial charge < -0.3 is 16.0 Å². The van der Waals surface area contributed by atoms with Crippen molar-refractivity contribution in [1.29, 1.82) is 0 Å². The molecule has 2 aromatic carbocycles. The summed E-state index contributed by atoms with van der Waals surface area (Å²) in [5, 5.41) is 3.05. The van der Waals surface area contributed by atoms with Gasteiger partial charge in [0.2, 0.25) is 0 Å². The highest BCUT2D eigenvalue weighted by Crippen LogP contribution is 2.14.